The van der Waals surface area contributed by atoms with E-state index in [-0.39, 0.29) is 5.95 Å². The summed E-state index contributed by atoms with van der Waals surface area (Å²) in [6.45, 7) is 5.71. The molecule has 0 unspecified atom stereocenters. The molecule has 0 aliphatic heterocycles. The average molecular weight is 479 g/mol. The molecular formula is C23H38N6O5. The average Bonchev–Trinajstić information content (AvgIpc) is 2.85. The molecule has 2 aromatic rings. The second-order valence-corrected chi connectivity index (χ2v) is 7.21. The Hall–Kier alpha value is -2.70. The van der Waals surface area contributed by atoms with Gasteiger partial charge < -0.3 is 45.4 Å². The van der Waals surface area contributed by atoms with E-state index in [2.05, 4.69) is 25.9 Å². The Labute approximate surface area is 201 Å². The molecule has 190 valence electrons. The number of nitrogen functional groups attached to an aromatic ring is 1. The molecule has 0 spiro atoms. The second kappa shape index (κ2) is 16.8. The fraction of sp³-hybridized carbons (Fsp3) is 0.565. The van der Waals surface area contributed by atoms with E-state index in [9.17, 15) is 0 Å². The van der Waals surface area contributed by atoms with Crippen molar-refractivity contribution in [2.45, 2.75) is 13.2 Å². The lowest BCUT2D eigenvalue weighted by Crippen LogP contribution is -2.17. The number of hydrogen-bond acceptors (Lipinski definition) is 11. The molecule has 1 aromatic heterocycles. The van der Waals surface area contributed by atoms with Gasteiger partial charge in [0.15, 0.2) is 5.82 Å². The van der Waals surface area contributed by atoms with Gasteiger partial charge in [-0.1, -0.05) is 24.3 Å². The van der Waals surface area contributed by atoms with Crippen LogP contribution in [0.1, 0.15) is 11.1 Å². The zero-order chi connectivity index (χ0) is 24.4. The van der Waals surface area contributed by atoms with Crippen molar-refractivity contribution in [2.24, 2.45) is 0 Å². The Morgan fingerprint density at radius 3 is 1.82 bits per heavy atom. The third kappa shape index (κ3) is 10.5. The zero-order valence-corrected chi connectivity index (χ0v) is 20.4. The van der Waals surface area contributed by atoms with Crippen LogP contribution >= 0.6 is 0 Å². The molecule has 34 heavy (non-hydrogen) atoms. The molecule has 0 bridgehead atoms. The highest BCUT2D eigenvalue weighted by Crippen LogP contribution is 2.30. The fourth-order valence-electron chi connectivity index (χ4n) is 2.87. The van der Waals surface area contributed by atoms with Crippen LogP contribution < -0.4 is 26.4 Å². The number of rotatable bonds is 19. The minimum absolute atomic E-state index is 0.146. The number of likely N-dealkylation sites (N-methyl/N-ethyl adjacent to an activating group) is 1. The lowest BCUT2D eigenvalue weighted by molar-refractivity contribution is -0.00368. The van der Waals surface area contributed by atoms with Gasteiger partial charge >= 0.3 is 0 Å². The van der Waals surface area contributed by atoms with Crippen LogP contribution in [0.4, 0.5) is 17.5 Å². The summed E-state index contributed by atoms with van der Waals surface area (Å²) in [5, 5.41) is 9.03. The Bertz CT molecular complexity index is 809. The van der Waals surface area contributed by atoms with Crippen molar-refractivity contribution in [1.82, 2.24) is 15.3 Å². The topological polar surface area (TPSA) is 134 Å². The minimum Gasteiger partial charge on any atom is -0.471 e. The molecule has 1 aromatic carbocycles. The maximum atomic E-state index is 5.86. The number of hydrogen-bond donors (Lipinski definition) is 4. The van der Waals surface area contributed by atoms with Gasteiger partial charge in [-0.15, -0.1) is 0 Å². The molecule has 11 nitrogen and oxygen atoms in total. The first kappa shape index (κ1) is 27.5. The first-order chi connectivity index (χ1) is 16.7. The molecule has 0 atom stereocenters. The molecule has 5 N–H and O–H groups in total. The van der Waals surface area contributed by atoms with Crippen LogP contribution in [0.3, 0.4) is 0 Å². The fourth-order valence-corrected chi connectivity index (χ4v) is 2.87. The molecule has 0 saturated heterocycles. The molecule has 0 saturated carbocycles. The van der Waals surface area contributed by atoms with E-state index in [1.807, 2.05) is 31.3 Å². The van der Waals surface area contributed by atoms with E-state index in [4.69, 9.17) is 29.4 Å². The summed E-state index contributed by atoms with van der Waals surface area (Å²) in [4.78, 5) is 8.32. The third-order valence-corrected chi connectivity index (χ3v) is 4.66. The number of ether oxygens (including phenoxy) is 5. The van der Waals surface area contributed by atoms with E-state index >= 15 is 0 Å². The second-order valence-electron chi connectivity index (χ2n) is 7.21. The van der Waals surface area contributed by atoms with Crippen LogP contribution in [0.15, 0.2) is 24.3 Å². The summed E-state index contributed by atoms with van der Waals surface area (Å²) in [6.07, 6.45) is 0. The van der Waals surface area contributed by atoms with Crippen LogP contribution in [-0.4, -0.2) is 83.9 Å². The van der Waals surface area contributed by atoms with E-state index in [0.717, 1.165) is 17.7 Å². The Morgan fingerprint density at radius 1 is 0.706 bits per heavy atom. The summed E-state index contributed by atoms with van der Waals surface area (Å²) in [5.74, 6) is 1.13. The van der Waals surface area contributed by atoms with Crippen molar-refractivity contribution in [3.8, 4) is 5.88 Å². The van der Waals surface area contributed by atoms with E-state index in [1.54, 1.807) is 14.1 Å². The van der Waals surface area contributed by atoms with Gasteiger partial charge in [-0.05, 0) is 18.2 Å². The highest BCUT2D eigenvalue weighted by Gasteiger charge is 2.13. The van der Waals surface area contributed by atoms with Crippen LogP contribution in [0.2, 0.25) is 0 Å². The van der Waals surface area contributed by atoms with Gasteiger partial charge in [0, 0.05) is 20.6 Å². The zero-order valence-electron chi connectivity index (χ0n) is 20.4. The first-order valence-electron chi connectivity index (χ1n) is 11.4. The summed E-state index contributed by atoms with van der Waals surface area (Å²) < 4.78 is 27.8. The van der Waals surface area contributed by atoms with E-state index in [1.165, 1.54) is 0 Å². The highest BCUT2D eigenvalue weighted by molar-refractivity contribution is 5.70. The number of nitrogens with one attached hydrogen (secondary N) is 3. The Kier molecular flexibility index (Phi) is 13.6. The summed E-state index contributed by atoms with van der Waals surface area (Å²) in [5.41, 5.74) is 8.50. The van der Waals surface area contributed by atoms with Crippen molar-refractivity contribution in [3.63, 3.8) is 0 Å². The Balaban J connectivity index is 1.58. The van der Waals surface area contributed by atoms with Gasteiger partial charge in [-0.3, -0.25) is 0 Å². The molecule has 11 heteroatoms. The summed E-state index contributed by atoms with van der Waals surface area (Å²) in [7, 11) is 5.44. The van der Waals surface area contributed by atoms with Crippen LogP contribution in [0.25, 0.3) is 0 Å². The molecule has 0 aliphatic rings. The van der Waals surface area contributed by atoms with Crippen molar-refractivity contribution in [2.75, 3.05) is 90.3 Å². The van der Waals surface area contributed by atoms with Crippen molar-refractivity contribution < 1.29 is 23.7 Å². The van der Waals surface area contributed by atoms with Gasteiger partial charge in [0.1, 0.15) is 12.3 Å². The SMILES string of the molecule is CNCCOCCOCCOCCOCc1ccc(COc2nc(N)nc(NC)c2NC)cc1. The molecule has 1 heterocycles. The summed E-state index contributed by atoms with van der Waals surface area (Å²) >= 11 is 0. The van der Waals surface area contributed by atoms with E-state index in [0.29, 0.717) is 76.8 Å². The smallest absolute Gasteiger partial charge is 0.244 e. The number of nitrogens with two attached hydrogens (primary N) is 1. The van der Waals surface area contributed by atoms with Gasteiger partial charge in [0.25, 0.3) is 0 Å². The monoisotopic (exact) mass is 478 g/mol. The lowest BCUT2D eigenvalue weighted by atomic mass is 10.1. The molecule has 0 amide bonds. The van der Waals surface area contributed by atoms with Gasteiger partial charge in [0.05, 0.1) is 52.9 Å². The Morgan fingerprint density at radius 2 is 1.26 bits per heavy atom. The molecule has 2 rings (SSSR count). The highest BCUT2D eigenvalue weighted by atomic mass is 16.6. The molecular weight excluding hydrogens is 440 g/mol. The van der Waals surface area contributed by atoms with Gasteiger partial charge in [0.2, 0.25) is 11.8 Å². The third-order valence-electron chi connectivity index (χ3n) is 4.66. The first-order valence-corrected chi connectivity index (χ1v) is 11.4. The minimum atomic E-state index is 0.146. The number of aromatic nitrogens is 2. The normalized spacial score (nSPS) is 10.9. The molecule has 0 aliphatic carbocycles. The van der Waals surface area contributed by atoms with E-state index < -0.39 is 0 Å². The lowest BCUT2D eigenvalue weighted by Gasteiger charge is -2.14. The van der Waals surface area contributed by atoms with Gasteiger partial charge in [-0.2, -0.15) is 9.97 Å². The van der Waals surface area contributed by atoms with Crippen molar-refractivity contribution in [3.05, 3.63) is 35.4 Å². The maximum absolute atomic E-state index is 5.86. The van der Waals surface area contributed by atoms with Crippen LogP contribution in [0.5, 0.6) is 5.88 Å². The quantitative estimate of drug-likeness (QED) is 0.219. The molecule has 0 fully saturated rings. The number of nitrogens with zero attached hydrogens (tertiary/aromatic N) is 2. The predicted octanol–water partition coefficient (Wildman–Crippen LogP) is 1.51. The largest absolute Gasteiger partial charge is 0.471 e. The molecule has 0 radical (unpaired) electrons. The van der Waals surface area contributed by atoms with Crippen molar-refractivity contribution >= 4 is 17.5 Å². The predicted molar refractivity (Wildman–Crippen MR) is 132 cm³/mol. The standard InChI is InChI=1S/C23H38N6O5/c1-25-8-9-30-10-11-31-12-13-32-14-15-33-16-18-4-6-19(7-5-18)17-34-22-20(26-2)21(27-3)28-23(24)29-22/h4-7,25-26H,8-17H2,1-3H3,(H3,24,27,28,29). The van der Waals surface area contributed by atoms with Crippen molar-refractivity contribution in [1.29, 1.82) is 0 Å². The number of anilines is 3. The van der Waals surface area contributed by atoms with Gasteiger partial charge in [-0.25, -0.2) is 0 Å². The summed E-state index contributed by atoms with van der Waals surface area (Å²) in [6, 6.07) is 8.02. The maximum Gasteiger partial charge on any atom is 0.244 e. The van der Waals surface area contributed by atoms with Crippen LogP contribution in [0, 0.1) is 0 Å². The number of benzene rings is 1. The van der Waals surface area contributed by atoms with Crippen LogP contribution in [-0.2, 0) is 32.2 Å².